The smallest absolute Gasteiger partial charge is 0.328 e. The molecule has 1 unspecified atom stereocenters. The Morgan fingerprint density at radius 2 is 2.24 bits per heavy atom. The molecule has 0 bridgehead atoms. The molecule has 0 radical (unpaired) electrons. The Hall–Kier alpha value is -1.10. The summed E-state index contributed by atoms with van der Waals surface area (Å²) in [5.41, 5.74) is 0.673. The van der Waals surface area contributed by atoms with Gasteiger partial charge in [0.25, 0.3) is 0 Å². The van der Waals surface area contributed by atoms with Crippen molar-refractivity contribution >= 4 is 27.6 Å². The average Bonchev–Trinajstić information content (AvgIpc) is 2.28. The second-order valence-corrected chi connectivity index (χ2v) is 4.34. The molecule has 1 aromatic carbocycles. The molecule has 1 N–H and O–H groups in total. The minimum absolute atomic E-state index is 0.300. The van der Waals surface area contributed by atoms with Crippen LogP contribution in [0.4, 0.5) is 10.1 Å². The van der Waals surface area contributed by atoms with Gasteiger partial charge in [-0.25, -0.2) is 9.18 Å². The quantitative estimate of drug-likeness (QED) is 0.848. The van der Waals surface area contributed by atoms with Gasteiger partial charge in [-0.05, 0) is 47.5 Å². The summed E-state index contributed by atoms with van der Waals surface area (Å²) in [5, 5.41) is 3.02. The predicted octanol–water partition coefficient (Wildman–Crippen LogP) is 3.34. The van der Waals surface area contributed by atoms with Crippen LogP contribution in [-0.2, 0) is 9.53 Å². The lowest BCUT2D eigenvalue weighted by Crippen LogP contribution is -2.30. The zero-order valence-corrected chi connectivity index (χ0v) is 11.4. The number of carbonyl (C=O) groups is 1. The van der Waals surface area contributed by atoms with Crippen LogP contribution < -0.4 is 5.32 Å². The number of rotatable bonds is 5. The van der Waals surface area contributed by atoms with Gasteiger partial charge in [0.1, 0.15) is 11.9 Å². The summed E-state index contributed by atoms with van der Waals surface area (Å²) in [6, 6.07) is 3.85. The van der Waals surface area contributed by atoms with Crippen LogP contribution in [0, 0.1) is 5.82 Å². The van der Waals surface area contributed by atoms with Gasteiger partial charge in [0.15, 0.2) is 0 Å². The number of anilines is 1. The first kappa shape index (κ1) is 14.0. The van der Waals surface area contributed by atoms with Crippen LogP contribution >= 0.6 is 15.9 Å². The fourth-order valence-corrected chi connectivity index (χ4v) is 1.83. The van der Waals surface area contributed by atoms with E-state index in [1.54, 1.807) is 13.0 Å². The lowest BCUT2D eigenvalue weighted by molar-refractivity contribution is -0.144. The highest BCUT2D eigenvalue weighted by Crippen LogP contribution is 2.24. The van der Waals surface area contributed by atoms with E-state index in [2.05, 4.69) is 21.2 Å². The Morgan fingerprint density at radius 1 is 1.53 bits per heavy atom. The number of benzene rings is 1. The number of nitrogens with one attached hydrogen (secondary N) is 1. The van der Waals surface area contributed by atoms with E-state index >= 15 is 0 Å². The number of halogens is 2. The number of carbonyl (C=O) groups excluding carboxylic acids is 1. The normalized spacial score (nSPS) is 12.0. The van der Waals surface area contributed by atoms with Crippen LogP contribution in [-0.4, -0.2) is 18.6 Å². The van der Waals surface area contributed by atoms with Crippen LogP contribution in [0.25, 0.3) is 0 Å². The van der Waals surface area contributed by atoms with E-state index in [0.717, 1.165) is 0 Å². The summed E-state index contributed by atoms with van der Waals surface area (Å²) in [5.74, 6) is -0.627. The highest BCUT2D eigenvalue weighted by atomic mass is 79.9. The van der Waals surface area contributed by atoms with E-state index in [9.17, 15) is 9.18 Å². The van der Waals surface area contributed by atoms with Gasteiger partial charge in [-0.1, -0.05) is 6.92 Å². The number of ether oxygens (including phenoxy) is 1. The maximum atomic E-state index is 12.9. The van der Waals surface area contributed by atoms with Gasteiger partial charge in [-0.15, -0.1) is 0 Å². The molecule has 94 valence electrons. The van der Waals surface area contributed by atoms with Gasteiger partial charge in [-0.3, -0.25) is 0 Å². The molecular formula is C12H15BrFNO2. The average molecular weight is 304 g/mol. The first-order chi connectivity index (χ1) is 8.08. The fraction of sp³-hybridized carbons (Fsp3) is 0.417. The first-order valence-corrected chi connectivity index (χ1v) is 6.26. The third kappa shape index (κ3) is 4.00. The molecule has 17 heavy (non-hydrogen) atoms. The van der Waals surface area contributed by atoms with E-state index < -0.39 is 6.04 Å². The first-order valence-electron chi connectivity index (χ1n) is 5.46. The molecule has 1 atom stereocenters. The summed E-state index contributed by atoms with van der Waals surface area (Å²) in [4.78, 5) is 11.6. The van der Waals surface area contributed by atoms with Crippen molar-refractivity contribution in [2.24, 2.45) is 0 Å². The molecule has 5 heteroatoms. The Morgan fingerprint density at radius 3 is 2.76 bits per heavy atom. The second-order valence-electron chi connectivity index (χ2n) is 3.48. The molecule has 0 aromatic heterocycles. The van der Waals surface area contributed by atoms with Crippen molar-refractivity contribution in [3.05, 3.63) is 28.5 Å². The van der Waals surface area contributed by atoms with Gasteiger partial charge in [0.2, 0.25) is 0 Å². The molecule has 0 amide bonds. The largest absolute Gasteiger partial charge is 0.464 e. The minimum atomic E-state index is -0.420. The van der Waals surface area contributed by atoms with Crippen molar-refractivity contribution in [2.45, 2.75) is 26.3 Å². The summed E-state index contributed by atoms with van der Waals surface area (Å²) < 4.78 is 18.4. The van der Waals surface area contributed by atoms with Gasteiger partial charge < -0.3 is 10.1 Å². The SMILES string of the molecule is CCOC(=O)C(CC)Nc1ccc(F)cc1Br. The van der Waals surface area contributed by atoms with Crippen LogP contribution in [0.15, 0.2) is 22.7 Å². The Bertz CT molecular complexity index is 398. The molecule has 0 heterocycles. The molecule has 0 saturated heterocycles. The summed E-state index contributed by atoms with van der Waals surface area (Å²) in [7, 11) is 0. The minimum Gasteiger partial charge on any atom is -0.464 e. The molecule has 0 aliphatic rings. The van der Waals surface area contributed by atoms with Crippen molar-refractivity contribution in [3.63, 3.8) is 0 Å². The molecule has 1 rings (SSSR count). The molecular weight excluding hydrogens is 289 g/mol. The van der Waals surface area contributed by atoms with Gasteiger partial charge in [-0.2, -0.15) is 0 Å². The maximum absolute atomic E-state index is 12.9. The highest BCUT2D eigenvalue weighted by Gasteiger charge is 2.18. The van der Waals surface area contributed by atoms with Crippen molar-refractivity contribution in [2.75, 3.05) is 11.9 Å². The van der Waals surface area contributed by atoms with Gasteiger partial charge in [0, 0.05) is 10.2 Å². The second kappa shape index (κ2) is 6.59. The number of esters is 1. The van der Waals surface area contributed by atoms with Crippen LogP contribution in [0.2, 0.25) is 0 Å². The van der Waals surface area contributed by atoms with Crippen molar-refractivity contribution < 1.29 is 13.9 Å². The lowest BCUT2D eigenvalue weighted by atomic mass is 10.2. The van der Waals surface area contributed by atoms with Crippen molar-refractivity contribution in [1.29, 1.82) is 0 Å². The van der Waals surface area contributed by atoms with Gasteiger partial charge in [0.05, 0.1) is 6.61 Å². The molecule has 1 aromatic rings. The number of hydrogen-bond donors (Lipinski definition) is 1. The summed E-state index contributed by atoms with van der Waals surface area (Å²) >= 11 is 3.24. The fourth-order valence-electron chi connectivity index (χ4n) is 1.36. The predicted molar refractivity (Wildman–Crippen MR) is 68.4 cm³/mol. The van der Waals surface area contributed by atoms with E-state index in [-0.39, 0.29) is 11.8 Å². The summed E-state index contributed by atoms with van der Waals surface area (Å²) in [6.45, 7) is 3.99. The lowest BCUT2D eigenvalue weighted by Gasteiger charge is -2.17. The molecule has 3 nitrogen and oxygen atoms in total. The molecule has 0 spiro atoms. The Labute approximate surface area is 108 Å². The zero-order valence-electron chi connectivity index (χ0n) is 9.80. The molecule has 0 fully saturated rings. The van der Waals surface area contributed by atoms with Gasteiger partial charge >= 0.3 is 5.97 Å². The molecule has 0 aliphatic heterocycles. The summed E-state index contributed by atoms with van der Waals surface area (Å²) in [6.07, 6.45) is 0.600. The third-order valence-electron chi connectivity index (χ3n) is 2.24. The van der Waals surface area contributed by atoms with Crippen molar-refractivity contribution in [3.8, 4) is 0 Å². The van der Waals surface area contributed by atoms with Crippen LogP contribution in [0.5, 0.6) is 0 Å². The maximum Gasteiger partial charge on any atom is 0.328 e. The van der Waals surface area contributed by atoms with E-state index in [1.807, 2.05) is 6.92 Å². The van der Waals surface area contributed by atoms with Crippen LogP contribution in [0.3, 0.4) is 0 Å². The molecule has 0 saturated carbocycles. The Balaban J connectivity index is 2.77. The highest BCUT2D eigenvalue weighted by molar-refractivity contribution is 9.10. The number of hydrogen-bond acceptors (Lipinski definition) is 3. The van der Waals surface area contributed by atoms with Crippen molar-refractivity contribution in [1.82, 2.24) is 0 Å². The molecule has 0 aliphatic carbocycles. The topological polar surface area (TPSA) is 38.3 Å². The zero-order chi connectivity index (χ0) is 12.8. The monoisotopic (exact) mass is 303 g/mol. The van der Waals surface area contributed by atoms with E-state index in [4.69, 9.17) is 4.74 Å². The third-order valence-corrected chi connectivity index (χ3v) is 2.90. The van der Waals surface area contributed by atoms with Crippen LogP contribution in [0.1, 0.15) is 20.3 Å². The van der Waals surface area contributed by atoms with E-state index in [1.165, 1.54) is 12.1 Å². The Kier molecular flexibility index (Phi) is 5.41. The standard InChI is InChI=1S/C12H15BrFNO2/c1-3-10(12(16)17-4-2)15-11-6-5-8(14)7-9(11)13/h5-7,10,15H,3-4H2,1-2H3. The van der Waals surface area contributed by atoms with E-state index in [0.29, 0.717) is 23.2 Å².